The highest BCUT2D eigenvalue weighted by Gasteiger charge is 2.35. The Bertz CT molecular complexity index is 1350. The monoisotopic (exact) mass is 473 g/mol. The number of carbonyl (C=O) groups excluding carboxylic acids is 4. The number of nitrogens with one attached hydrogen (secondary N) is 2. The number of hydrogen-bond acceptors (Lipinski definition) is 6. The minimum absolute atomic E-state index is 0.0148. The van der Waals surface area contributed by atoms with Gasteiger partial charge in [0, 0.05) is 17.3 Å². The van der Waals surface area contributed by atoms with Gasteiger partial charge in [0.15, 0.2) is 0 Å². The van der Waals surface area contributed by atoms with Crippen molar-refractivity contribution in [1.29, 1.82) is 0 Å². The zero-order valence-electron chi connectivity index (χ0n) is 19.4. The number of furan rings is 1. The summed E-state index contributed by atoms with van der Waals surface area (Å²) in [7, 11) is 1.31. The van der Waals surface area contributed by atoms with E-state index in [2.05, 4.69) is 10.6 Å². The second-order valence-electron chi connectivity index (χ2n) is 7.97. The van der Waals surface area contributed by atoms with Crippen molar-refractivity contribution in [3.8, 4) is 11.3 Å². The minimum atomic E-state index is -0.700. The first kappa shape index (κ1) is 23.5. The van der Waals surface area contributed by atoms with Gasteiger partial charge in [0.2, 0.25) is 5.91 Å². The summed E-state index contributed by atoms with van der Waals surface area (Å²) in [6, 6.07) is 15.0. The van der Waals surface area contributed by atoms with Crippen molar-refractivity contribution in [2.45, 2.75) is 13.8 Å². The van der Waals surface area contributed by atoms with Crippen molar-refractivity contribution in [3.05, 3.63) is 82.7 Å². The van der Waals surface area contributed by atoms with Gasteiger partial charge >= 0.3 is 12.0 Å². The van der Waals surface area contributed by atoms with Crippen LogP contribution in [0, 0.1) is 13.8 Å². The second kappa shape index (κ2) is 9.68. The molecule has 1 aliphatic rings. The van der Waals surface area contributed by atoms with Gasteiger partial charge in [-0.1, -0.05) is 29.8 Å². The largest absolute Gasteiger partial charge is 0.465 e. The van der Waals surface area contributed by atoms with Crippen molar-refractivity contribution >= 4 is 35.6 Å². The second-order valence-corrected chi connectivity index (χ2v) is 7.97. The lowest BCUT2D eigenvalue weighted by molar-refractivity contribution is -0.127. The topological polar surface area (TPSA) is 118 Å². The number of esters is 1. The Hall–Kier alpha value is -4.66. The van der Waals surface area contributed by atoms with Crippen molar-refractivity contribution in [3.63, 3.8) is 0 Å². The van der Waals surface area contributed by atoms with Crippen LogP contribution in [-0.2, 0) is 14.3 Å². The normalized spacial score (nSPS) is 14.3. The molecule has 1 aromatic heterocycles. The zero-order chi connectivity index (χ0) is 25.1. The summed E-state index contributed by atoms with van der Waals surface area (Å²) in [5, 5.41) is 5.13. The summed E-state index contributed by atoms with van der Waals surface area (Å²) in [4.78, 5) is 50.2. The zero-order valence-corrected chi connectivity index (χ0v) is 19.4. The summed E-state index contributed by atoms with van der Waals surface area (Å²) < 4.78 is 10.6. The molecular formula is C26H23N3O6. The van der Waals surface area contributed by atoms with Gasteiger partial charge in [-0.2, -0.15) is 0 Å². The van der Waals surface area contributed by atoms with E-state index < -0.39 is 30.4 Å². The van der Waals surface area contributed by atoms with Gasteiger partial charge in [-0.25, -0.2) is 14.5 Å². The molecule has 0 atom stereocenters. The fourth-order valence-electron chi connectivity index (χ4n) is 3.65. The molecule has 1 fully saturated rings. The van der Waals surface area contributed by atoms with Crippen LogP contribution < -0.4 is 10.6 Å². The van der Waals surface area contributed by atoms with Crippen LogP contribution in [0.2, 0.25) is 0 Å². The summed E-state index contributed by atoms with van der Waals surface area (Å²) in [6.45, 7) is 3.27. The molecule has 1 aliphatic heterocycles. The Morgan fingerprint density at radius 2 is 1.80 bits per heavy atom. The molecule has 178 valence electrons. The molecule has 4 rings (SSSR count). The van der Waals surface area contributed by atoms with Crippen LogP contribution in [0.3, 0.4) is 0 Å². The van der Waals surface area contributed by atoms with Crippen LogP contribution >= 0.6 is 0 Å². The van der Waals surface area contributed by atoms with Crippen molar-refractivity contribution in [1.82, 2.24) is 10.2 Å². The van der Waals surface area contributed by atoms with Gasteiger partial charge in [0.05, 0.1) is 12.7 Å². The first-order valence-electron chi connectivity index (χ1n) is 10.8. The van der Waals surface area contributed by atoms with Crippen molar-refractivity contribution in [2.75, 3.05) is 19.0 Å². The van der Waals surface area contributed by atoms with Gasteiger partial charge in [-0.05, 0) is 49.7 Å². The number of aryl methyl sites for hydroxylation is 1. The molecule has 2 aromatic carbocycles. The van der Waals surface area contributed by atoms with E-state index in [-0.39, 0.29) is 5.70 Å². The average molecular weight is 473 g/mol. The third-order valence-electron chi connectivity index (χ3n) is 5.52. The smallest absolute Gasteiger partial charge is 0.338 e. The van der Waals surface area contributed by atoms with Crippen LogP contribution in [0.1, 0.15) is 27.2 Å². The summed E-state index contributed by atoms with van der Waals surface area (Å²) >= 11 is 0. The highest BCUT2D eigenvalue weighted by atomic mass is 16.5. The van der Waals surface area contributed by atoms with E-state index in [4.69, 9.17) is 9.15 Å². The molecule has 3 aromatic rings. The van der Waals surface area contributed by atoms with E-state index in [0.717, 1.165) is 10.5 Å². The number of carbonyl (C=O) groups is 4. The number of rotatable bonds is 6. The minimum Gasteiger partial charge on any atom is -0.465 e. The Morgan fingerprint density at radius 1 is 1.06 bits per heavy atom. The van der Waals surface area contributed by atoms with Crippen LogP contribution in [0.15, 0.2) is 64.7 Å². The molecule has 35 heavy (non-hydrogen) atoms. The number of hydrogen-bond donors (Lipinski definition) is 2. The molecule has 9 nitrogen and oxygen atoms in total. The molecule has 0 bridgehead atoms. The number of amides is 4. The number of benzene rings is 2. The molecule has 0 unspecified atom stereocenters. The Labute approximate surface area is 201 Å². The molecule has 2 heterocycles. The highest BCUT2D eigenvalue weighted by molar-refractivity contribution is 6.15. The third-order valence-corrected chi connectivity index (χ3v) is 5.52. The third kappa shape index (κ3) is 4.98. The maximum absolute atomic E-state index is 12.7. The molecular weight excluding hydrogens is 450 g/mol. The first-order chi connectivity index (χ1) is 16.8. The maximum atomic E-state index is 12.7. The van der Waals surface area contributed by atoms with Gasteiger partial charge in [-0.15, -0.1) is 0 Å². The number of methoxy groups -OCH3 is 1. The van der Waals surface area contributed by atoms with Crippen molar-refractivity contribution < 1.29 is 28.3 Å². The van der Waals surface area contributed by atoms with Crippen LogP contribution in [-0.4, -0.2) is 42.4 Å². The average Bonchev–Trinajstić information content (AvgIpc) is 3.40. The summed E-state index contributed by atoms with van der Waals surface area (Å²) in [6.07, 6.45) is 1.39. The van der Waals surface area contributed by atoms with Gasteiger partial charge < -0.3 is 19.8 Å². The van der Waals surface area contributed by atoms with E-state index in [1.807, 2.05) is 19.1 Å². The summed E-state index contributed by atoms with van der Waals surface area (Å²) in [5.41, 5.74) is 3.38. The lowest BCUT2D eigenvalue weighted by Crippen LogP contribution is -2.38. The van der Waals surface area contributed by atoms with E-state index in [0.29, 0.717) is 33.9 Å². The number of anilines is 1. The Balaban J connectivity index is 1.48. The first-order valence-corrected chi connectivity index (χ1v) is 10.8. The standard InChI is InChI=1S/C26H23N3O6/c1-15-7-9-17(10-8-15)27-23(30)14-29-24(31)21(28-26(29)33)13-18-11-12-22(35-18)19-5-4-6-20(16(19)2)25(32)34-3/h4-13H,14H2,1-3H3,(H,27,30)(H,28,33). The maximum Gasteiger partial charge on any atom is 0.338 e. The lowest BCUT2D eigenvalue weighted by Gasteiger charge is -2.12. The molecule has 0 saturated carbocycles. The summed E-state index contributed by atoms with van der Waals surface area (Å²) in [5.74, 6) is -0.802. The van der Waals surface area contributed by atoms with Crippen LogP contribution in [0.4, 0.5) is 10.5 Å². The molecule has 4 amide bonds. The fraction of sp³-hybridized carbons (Fsp3) is 0.154. The Morgan fingerprint density at radius 3 is 2.51 bits per heavy atom. The number of imide groups is 1. The van der Waals surface area contributed by atoms with E-state index in [9.17, 15) is 19.2 Å². The van der Waals surface area contributed by atoms with E-state index in [1.165, 1.54) is 13.2 Å². The van der Waals surface area contributed by atoms with E-state index >= 15 is 0 Å². The predicted molar refractivity (Wildman–Crippen MR) is 128 cm³/mol. The van der Waals surface area contributed by atoms with Gasteiger partial charge in [-0.3, -0.25) is 9.59 Å². The molecule has 0 radical (unpaired) electrons. The van der Waals surface area contributed by atoms with Crippen LogP contribution in [0.5, 0.6) is 0 Å². The molecule has 0 aliphatic carbocycles. The SMILES string of the molecule is COC(=O)c1cccc(-c2ccc(C=C3NC(=O)N(CC(=O)Nc4ccc(C)cc4)C3=O)o2)c1C. The van der Waals surface area contributed by atoms with Crippen LogP contribution in [0.25, 0.3) is 17.4 Å². The molecule has 9 heteroatoms. The quantitative estimate of drug-likeness (QED) is 0.319. The van der Waals surface area contributed by atoms with Gasteiger partial charge in [0.1, 0.15) is 23.8 Å². The lowest BCUT2D eigenvalue weighted by atomic mass is 10.0. The molecule has 1 saturated heterocycles. The number of ether oxygens (including phenoxy) is 1. The van der Waals surface area contributed by atoms with Crippen molar-refractivity contribution in [2.24, 2.45) is 0 Å². The Kier molecular flexibility index (Phi) is 6.50. The fourth-order valence-corrected chi connectivity index (χ4v) is 3.65. The number of nitrogens with zero attached hydrogens (tertiary/aromatic N) is 1. The predicted octanol–water partition coefficient (Wildman–Crippen LogP) is 3.88. The number of urea groups is 1. The highest BCUT2D eigenvalue weighted by Crippen LogP contribution is 2.29. The molecule has 2 N–H and O–H groups in total. The van der Waals surface area contributed by atoms with Gasteiger partial charge in [0.25, 0.3) is 5.91 Å². The molecule has 0 spiro atoms. The van der Waals surface area contributed by atoms with E-state index in [1.54, 1.807) is 49.4 Å².